The molecule has 0 fully saturated rings. The average Bonchev–Trinajstić information content (AvgIpc) is 2.95. The molecule has 3 aromatic rings. The summed E-state index contributed by atoms with van der Waals surface area (Å²) in [5.41, 5.74) is 4.14. The van der Waals surface area contributed by atoms with Gasteiger partial charge in [-0.3, -0.25) is 14.4 Å². The molecule has 0 heterocycles. The van der Waals surface area contributed by atoms with Crippen LogP contribution in [0.5, 0.6) is 17.2 Å². The van der Waals surface area contributed by atoms with Gasteiger partial charge < -0.3 is 24.8 Å². The first kappa shape index (κ1) is 27.5. The molecule has 0 aliphatic rings. The van der Waals surface area contributed by atoms with E-state index in [1.165, 1.54) is 13.3 Å². The van der Waals surface area contributed by atoms with E-state index in [0.29, 0.717) is 41.7 Å². The molecular weight excluding hydrogens is 488 g/mol. The molecule has 3 amide bonds. The maximum absolute atomic E-state index is 12.1. The molecule has 0 unspecified atom stereocenters. The zero-order valence-corrected chi connectivity index (χ0v) is 20.8. The lowest BCUT2D eigenvalue weighted by molar-refractivity contribution is -0.136. The number of nitrogens with zero attached hydrogens (tertiary/aromatic N) is 1. The van der Waals surface area contributed by atoms with E-state index in [1.807, 2.05) is 30.3 Å². The number of carbonyl (C=O) groups excluding carboxylic acids is 3. The van der Waals surface area contributed by atoms with Gasteiger partial charge in [0.05, 0.1) is 13.3 Å². The first-order valence-corrected chi connectivity index (χ1v) is 11.6. The zero-order valence-electron chi connectivity index (χ0n) is 20.8. The Balaban J connectivity index is 1.46. The molecule has 3 aromatic carbocycles. The molecule has 0 radical (unpaired) electrons. The van der Waals surface area contributed by atoms with E-state index in [2.05, 4.69) is 27.7 Å². The Kier molecular flexibility index (Phi) is 10.4. The maximum Gasteiger partial charge on any atom is 0.329 e. The van der Waals surface area contributed by atoms with Crippen LogP contribution in [-0.4, -0.2) is 44.3 Å². The Labute approximate surface area is 220 Å². The van der Waals surface area contributed by atoms with Gasteiger partial charge in [-0.05, 0) is 53.6 Å². The monoisotopic (exact) mass is 516 g/mol. The summed E-state index contributed by atoms with van der Waals surface area (Å²) in [5.74, 6) is -0.761. The molecule has 10 heteroatoms. The van der Waals surface area contributed by atoms with Crippen LogP contribution in [0.3, 0.4) is 0 Å². The lowest BCUT2D eigenvalue weighted by Gasteiger charge is -2.11. The highest BCUT2D eigenvalue weighted by Crippen LogP contribution is 2.27. The number of hydrogen-bond donors (Lipinski definition) is 3. The third-order valence-corrected chi connectivity index (χ3v) is 4.94. The second-order valence-corrected chi connectivity index (χ2v) is 7.74. The van der Waals surface area contributed by atoms with E-state index in [-0.39, 0.29) is 12.5 Å². The molecule has 0 aromatic heterocycles. The van der Waals surface area contributed by atoms with Crippen molar-refractivity contribution in [2.45, 2.75) is 6.54 Å². The predicted octanol–water partition coefficient (Wildman–Crippen LogP) is 3.04. The Morgan fingerprint density at radius 2 is 1.68 bits per heavy atom. The van der Waals surface area contributed by atoms with Crippen molar-refractivity contribution in [2.75, 3.05) is 25.6 Å². The van der Waals surface area contributed by atoms with Gasteiger partial charge in [-0.15, -0.1) is 0 Å². The van der Waals surface area contributed by atoms with Crippen molar-refractivity contribution in [1.82, 2.24) is 10.7 Å². The fourth-order valence-electron chi connectivity index (χ4n) is 3.07. The molecule has 0 spiro atoms. The molecule has 10 nitrogen and oxygen atoms in total. The van der Waals surface area contributed by atoms with Gasteiger partial charge in [-0.2, -0.15) is 5.10 Å². The summed E-state index contributed by atoms with van der Waals surface area (Å²) in [7, 11) is 1.46. The molecule has 0 aliphatic heterocycles. The topological polar surface area (TPSA) is 127 Å². The largest absolute Gasteiger partial charge is 0.493 e. The van der Waals surface area contributed by atoms with Gasteiger partial charge in [0.2, 0.25) is 0 Å². The highest BCUT2D eigenvalue weighted by Gasteiger charge is 2.13. The summed E-state index contributed by atoms with van der Waals surface area (Å²) in [5, 5.41) is 9.06. The van der Waals surface area contributed by atoms with Gasteiger partial charge in [-0.25, -0.2) is 5.43 Å². The van der Waals surface area contributed by atoms with E-state index < -0.39 is 11.8 Å². The van der Waals surface area contributed by atoms with Crippen molar-refractivity contribution in [3.05, 3.63) is 96.6 Å². The number of nitrogens with one attached hydrogen (secondary N) is 3. The van der Waals surface area contributed by atoms with Crippen LogP contribution in [0.4, 0.5) is 5.69 Å². The van der Waals surface area contributed by atoms with Gasteiger partial charge in [0.25, 0.3) is 5.91 Å². The second kappa shape index (κ2) is 14.4. The van der Waals surface area contributed by atoms with Crippen LogP contribution in [0.15, 0.2) is 90.6 Å². The molecule has 38 heavy (non-hydrogen) atoms. The van der Waals surface area contributed by atoms with Crippen LogP contribution in [0, 0.1) is 0 Å². The number of hydrazone groups is 1. The van der Waals surface area contributed by atoms with Crippen molar-refractivity contribution < 1.29 is 28.6 Å². The molecule has 0 aliphatic carbocycles. The Bertz CT molecular complexity index is 1280. The number of methoxy groups -OCH3 is 1. The molecule has 0 atom stereocenters. The summed E-state index contributed by atoms with van der Waals surface area (Å²) in [6.07, 6.45) is 2.96. The standard InChI is InChI=1S/C28H28N4O6/c1-3-15-37-23-12-10-22(11-13-23)31-27(34)28(35)32-30-18-21-9-14-24(25(16-21)36-2)38-19-26(33)29-17-20-7-5-4-6-8-20/h3-14,16,18H,1,15,17,19H2,2H3,(H,29,33)(H,31,34)(H,32,35)/b30-18-. The van der Waals surface area contributed by atoms with E-state index in [0.717, 1.165) is 5.56 Å². The molecule has 196 valence electrons. The van der Waals surface area contributed by atoms with E-state index >= 15 is 0 Å². The van der Waals surface area contributed by atoms with Crippen LogP contribution in [0.25, 0.3) is 0 Å². The van der Waals surface area contributed by atoms with Crippen LogP contribution in [0.1, 0.15) is 11.1 Å². The third kappa shape index (κ3) is 8.83. The molecule has 3 N–H and O–H groups in total. The summed E-state index contributed by atoms with van der Waals surface area (Å²) >= 11 is 0. The Hall–Kier alpha value is -5.12. The summed E-state index contributed by atoms with van der Waals surface area (Å²) in [6, 6.07) is 21.0. The van der Waals surface area contributed by atoms with Crippen LogP contribution in [0.2, 0.25) is 0 Å². The number of carbonyl (C=O) groups is 3. The minimum atomic E-state index is -0.943. The number of benzene rings is 3. The smallest absolute Gasteiger partial charge is 0.329 e. The van der Waals surface area contributed by atoms with E-state index in [1.54, 1.807) is 48.5 Å². The Morgan fingerprint density at radius 3 is 2.39 bits per heavy atom. The third-order valence-electron chi connectivity index (χ3n) is 4.94. The second-order valence-electron chi connectivity index (χ2n) is 7.74. The van der Waals surface area contributed by atoms with Gasteiger partial charge in [0.15, 0.2) is 18.1 Å². The summed E-state index contributed by atoms with van der Waals surface area (Å²) in [6.45, 7) is 4.14. The van der Waals surface area contributed by atoms with Crippen molar-refractivity contribution >= 4 is 29.6 Å². The fraction of sp³-hybridized carbons (Fsp3) is 0.143. The minimum absolute atomic E-state index is 0.188. The number of anilines is 1. The first-order valence-electron chi connectivity index (χ1n) is 11.6. The summed E-state index contributed by atoms with van der Waals surface area (Å²) in [4.78, 5) is 36.3. The van der Waals surface area contributed by atoms with Crippen molar-refractivity contribution in [3.8, 4) is 17.2 Å². The fourth-order valence-corrected chi connectivity index (χ4v) is 3.07. The molecular formula is C28H28N4O6. The highest BCUT2D eigenvalue weighted by atomic mass is 16.5. The lowest BCUT2D eigenvalue weighted by atomic mass is 10.2. The lowest BCUT2D eigenvalue weighted by Crippen LogP contribution is -2.32. The number of hydrogen-bond acceptors (Lipinski definition) is 7. The quantitative estimate of drug-likeness (QED) is 0.147. The highest BCUT2D eigenvalue weighted by molar-refractivity contribution is 6.39. The van der Waals surface area contributed by atoms with Gasteiger partial charge in [0.1, 0.15) is 12.4 Å². The number of ether oxygens (including phenoxy) is 3. The van der Waals surface area contributed by atoms with Gasteiger partial charge in [0, 0.05) is 12.2 Å². The Morgan fingerprint density at radius 1 is 0.921 bits per heavy atom. The zero-order chi connectivity index (χ0) is 27.2. The van der Waals surface area contributed by atoms with Crippen LogP contribution < -0.4 is 30.3 Å². The van der Waals surface area contributed by atoms with E-state index in [4.69, 9.17) is 14.2 Å². The number of rotatable bonds is 12. The van der Waals surface area contributed by atoms with Crippen LogP contribution in [-0.2, 0) is 20.9 Å². The molecule has 0 bridgehead atoms. The maximum atomic E-state index is 12.1. The predicted molar refractivity (Wildman–Crippen MR) is 143 cm³/mol. The van der Waals surface area contributed by atoms with Crippen molar-refractivity contribution in [2.24, 2.45) is 5.10 Å². The molecule has 0 saturated heterocycles. The van der Waals surface area contributed by atoms with Crippen LogP contribution >= 0.6 is 0 Å². The van der Waals surface area contributed by atoms with Gasteiger partial charge in [-0.1, -0.05) is 43.0 Å². The normalized spacial score (nSPS) is 10.3. The van der Waals surface area contributed by atoms with Gasteiger partial charge >= 0.3 is 11.8 Å². The summed E-state index contributed by atoms with van der Waals surface area (Å²) < 4.78 is 16.3. The number of amides is 3. The van der Waals surface area contributed by atoms with Crippen molar-refractivity contribution in [3.63, 3.8) is 0 Å². The van der Waals surface area contributed by atoms with E-state index in [9.17, 15) is 14.4 Å². The minimum Gasteiger partial charge on any atom is -0.493 e. The van der Waals surface area contributed by atoms with Crippen molar-refractivity contribution in [1.29, 1.82) is 0 Å². The SMILES string of the molecule is C=CCOc1ccc(NC(=O)C(=O)N/N=C\c2ccc(OCC(=O)NCc3ccccc3)c(OC)c2)cc1. The molecule has 0 saturated carbocycles. The average molecular weight is 517 g/mol. The first-order chi connectivity index (χ1) is 18.5. The molecule has 3 rings (SSSR count).